The van der Waals surface area contributed by atoms with Gasteiger partial charge in [-0.3, -0.25) is 4.79 Å². The molecule has 0 fully saturated rings. The van der Waals surface area contributed by atoms with Gasteiger partial charge in [-0.05, 0) is 19.4 Å². The summed E-state index contributed by atoms with van der Waals surface area (Å²) in [6, 6.07) is 7.38. The molecule has 19 heavy (non-hydrogen) atoms. The Morgan fingerprint density at radius 1 is 1.37 bits per heavy atom. The highest BCUT2D eigenvalue weighted by Gasteiger charge is 2.24. The standard InChI is InChI=1S/C15H18O4/c1-5-18-15(17)11(3)14(19-12(4)16)13-8-6-7-10(2)9-13/h6-9,14H,3,5H2,1-2,4H3. The second-order valence-electron chi connectivity index (χ2n) is 4.15. The fourth-order valence-electron chi connectivity index (χ4n) is 1.67. The lowest BCUT2D eigenvalue weighted by atomic mass is 10.0. The summed E-state index contributed by atoms with van der Waals surface area (Å²) in [5.74, 6) is -1.03. The van der Waals surface area contributed by atoms with Gasteiger partial charge in [0.2, 0.25) is 0 Å². The van der Waals surface area contributed by atoms with E-state index in [0.29, 0.717) is 5.56 Å². The van der Waals surface area contributed by atoms with Crippen LogP contribution in [0.2, 0.25) is 0 Å². The Hall–Kier alpha value is -2.10. The maximum absolute atomic E-state index is 11.7. The predicted molar refractivity (Wildman–Crippen MR) is 71.5 cm³/mol. The quantitative estimate of drug-likeness (QED) is 0.604. The Kier molecular flexibility index (Phi) is 5.30. The minimum atomic E-state index is -0.809. The zero-order chi connectivity index (χ0) is 14.4. The number of aryl methyl sites for hydroxylation is 1. The van der Waals surface area contributed by atoms with Crippen LogP contribution in [0.5, 0.6) is 0 Å². The molecule has 1 aromatic rings. The van der Waals surface area contributed by atoms with E-state index in [-0.39, 0.29) is 12.2 Å². The zero-order valence-electron chi connectivity index (χ0n) is 11.4. The highest BCUT2D eigenvalue weighted by atomic mass is 16.6. The Morgan fingerprint density at radius 2 is 2.05 bits per heavy atom. The first-order chi connectivity index (χ1) is 8.95. The molecule has 0 heterocycles. The maximum atomic E-state index is 11.7. The van der Waals surface area contributed by atoms with Crippen molar-refractivity contribution in [3.63, 3.8) is 0 Å². The van der Waals surface area contributed by atoms with E-state index in [1.807, 2.05) is 25.1 Å². The minimum absolute atomic E-state index is 0.114. The zero-order valence-corrected chi connectivity index (χ0v) is 11.4. The normalized spacial score (nSPS) is 11.5. The summed E-state index contributed by atoms with van der Waals surface area (Å²) in [5, 5.41) is 0. The summed E-state index contributed by atoms with van der Waals surface area (Å²) in [7, 11) is 0. The molecule has 0 saturated carbocycles. The number of hydrogen-bond donors (Lipinski definition) is 0. The average molecular weight is 262 g/mol. The minimum Gasteiger partial charge on any atom is -0.463 e. The van der Waals surface area contributed by atoms with E-state index < -0.39 is 18.0 Å². The van der Waals surface area contributed by atoms with Gasteiger partial charge in [0.05, 0.1) is 12.2 Å². The molecule has 1 unspecified atom stereocenters. The van der Waals surface area contributed by atoms with Crippen LogP contribution in [0.25, 0.3) is 0 Å². The molecule has 0 radical (unpaired) electrons. The Labute approximate surface area is 113 Å². The number of rotatable bonds is 5. The summed E-state index contributed by atoms with van der Waals surface area (Å²) >= 11 is 0. The summed E-state index contributed by atoms with van der Waals surface area (Å²) in [6.45, 7) is 8.85. The Balaban J connectivity index is 3.04. The predicted octanol–water partition coefficient (Wildman–Crippen LogP) is 2.72. The van der Waals surface area contributed by atoms with Crippen LogP contribution in [0.15, 0.2) is 36.4 Å². The van der Waals surface area contributed by atoms with Crippen molar-refractivity contribution in [3.05, 3.63) is 47.5 Å². The van der Waals surface area contributed by atoms with Crippen LogP contribution in [-0.2, 0) is 19.1 Å². The molecule has 0 spiro atoms. The molecule has 0 bridgehead atoms. The van der Waals surface area contributed by atoms with Crippen LogP contribution in [0.3, 0.4) is 0 Å². The Morgan fingerprint density at radius 3 is 2.58 bits per heavy atom. The molecule has 4 nitrogen and oxygen atoms in total. The smallest absolute Gasteiger partial charge is 0.337 e. The second-order valence-corrected chi connectivity index (χ2v) is 4.15. The lowest BCUT2D eigenvalue weighted by Gasteiger charge is -2.19. The van der Waals surface area contributed by atoms with Gasteiger partial charge < -0.3 is 9.47 Å². The number of ether oxygens (including phenoxy) is 2. The van der Waals surface area contributed by atoms with Gasteiger partial charge in [0, 0.05) is 6.92 Å². The topological polar surface area (TPSA) is 52.6 Å². The fourth-order valence-corrected chi connectivity index (χ4v) is 1.67. The first kappa shape index (κ1) is 15.0. The van der Waals surface area contributed by atoms with Crippen molar-refractivity contribution in [1.82, 2.24) is 0 Å². The molecule has 4 heteroatoms. The van der Waals surface area contributed by atoms with E-state index in [1.165, 1.54) is 6.92 Å². The monoisotopic (exact) mass is 262 g/mol. The molecule has 0 saturated heterocycles. The number of hydrogen-bond acceptors (Lipinski definition) is 4. The van der Waals surface area contributed by atoms with Gasteiger partial charge in [-0.2, -0.15) is 0 Å². The van der Waals surface area contributed by atoms with Gasteiger partial charge in [0.25, 0.3) is 0 Å². The van der Waals surface area contributed by atoms with Crippen molar-refractivity contribution < 1.29 is 19.1 Å². The molecule has 0 N–H and O–H groups in total. The van der Waals surface area contributed by atoms with Gasteiger partial charge in [0.1, 0.15) is 0 Å². The molecule has 102 valence electrons. The molecular weight excluding hydrogens is 244 g/mol. The van der Waals surface area contributed by atoms with Crippen molar-refractivity contribution in [2.45, 2.75) is 26.9 Å². The summed E-state index contributed by atoms with van der Waals surface area (Å²) in [5.41, 5.74) is 1.82. The van der Waals surface area contributed by atoms with Crippen LogP contribution >= 0.6 is 0 Å². The van der Waals surface area contributed by atoms with Crippen molar-refractivity contribution in [3.8, 4) is 0 Å². The first-order valence-electron chi connectivity index (χ1n) is 6.05. The van der Waals surface area contributed by atoms with Crippen LogP contribution in [0, 0.1) is 6.92 Å². The average Bonchev–Trinajstić information content (AvgIpc) is 2.35. The molecule has 1 rings (SSSR count). The van der Waals surface area contributed by atoms with Crippen LogP contribution in [0.1, 0.15) is 31.1 Å². The molecule has 0 aliphatic heterocycles. The van der Waals surface area contributed by atoms with Crippen molar-refractivity contribution in [1.29, 1.82) is 0 Å². The highest BCUT2D eigenvalue weighted by Crippen LogP contribution is 2.26. The highest BCUT2D eigenvalue weighted by molar-refractivity contribution is 5.89. The van der Waals surface area contributed by atoms with Crippen molar-refractivity contribution in [2.75, 3.05) is 6.61 Å². The third kappa shape index (κ3) is 4.25. The van der Waals surface area contributed by atoms with Crippen molar-refractivity contribution in [2.24, 2.45) is 0 Å². The maximum Gasteiger partial charge on any atom is 0.337 e. The lowest BCUT2D eigenvalue weighted by molar-refractivity contribution is -0.147. The van der Waals surface area contributed by atoms with Gasteiger partial charge in [-0.25, -0.2) is 4.79 Å². The van der Waals surface area contributed by atoms with Crippen LogP contribution in [0.4, 0.5) is 0 Å². The number of benzene rings is 1. The van der Waals surface area contributed by atoms with Crippen molar-refractivity contribution >= 4 is 11.9 Å². The van der Waals surface area contributed by atoms with Gasteiger partial charge in [-0.1, -0.05) is 36.4 Å². The van der Waals surface area contributed by atoms with Crippen LogP contribution < -0.4 is 0 Å². The van der Waals surface area contributed by atoms with E-state index in [2.05, 4.69) is 6.58 Å². The van der Waals surface area contributed by atoms with Gasteiger partial charge >= 0.3 is 11.9 Å². The third-order valence-corrected chi connectivity index (χ3v) is 2.48. The molecular formula is C15H18O4. The Bertz CT molecular complexity index is 491. The van der Waals surface area contributed by atoms with Gasteiger partial charge in [-0.15, -0.1) is 0 Å². The summed E-state index contributed by atoms with van der Waals surface area (Å²) in [6.07, 6.45) is -0.809. The molecule has 0 aliphatic carbocycles. The van der Waals surface area contributed by atoms with E-state index >= 15 is 0 Å². The van der Waals surface area contributed by atoms with E-state index in [1.54, 1.807) is 13.0 Å². The third-order valence-electron chi connectivity index (χ3n) is 2.48. The fraction of sp³-hybridized carbons (Fsp3) is 0.333. The molecule has 1 atom stereocenters. The molecule has 0 aliphatic rings. The molecule has 0 aromatic heterocycles. The SMILES string of the molecule is C=C(C(=O)OCC)C(OC(C)=O)c1cccc(C)c1. The summed E-state index contributed by atoms with van der Waals surface area (Å²) in [4.78, 5) is 22.9. The summed E-state index contributed by atoms with van der Waals surface area (Å²) < 4.78 is 10.1. The van der Waals surface area contributed by atoms with E-state index in [4.69, 9.17) is 9.47 Å². The number of carbonyl (C=O) groups is 2. The second kappa shape index (κ2) is 6.73. The van der Waals surface area contributed by atoms with Crippen LogP contribution in [-0.4, -0.2) is 18.5 Å². The first-order valence-corrected chi connectivity index (χ1v) is 6.05. The number of carbonyl (C=O) groups excluding carboxylic acids is 2. The van der Waals surface area contributed by atoms with E-state index in [0.717, 1.165) is 5.56 Å². The lowest BCUT2D eigenvalue weighted by Crippen LogP contribution is -2.18. The number of esters is 2. The largest absolute Gasteiger partial charge is 0.463 e. The molecule has 1 aromatic carbocycles. The van der Waals surface area contributed by atoms with E-state index in [9.17, 15) is 9.59 Å². The van der Waals surface area contributed by atoms with Gasteiger partial charge in [0.15, 0.2) is 6.10 Å². The molecule has 0 amide bonds.